The first-order valence-corrected chi connectivity index (χ1v) is 9.02. The van der Waals surface area contributed by atoms with E-state index >= 15 is 0 Å². The lowest BCUT2D eigenvalue weighted by molar-refractivity contribution is -0.133. The number of furan rings is 1. The Morgan fingerprint density at radius 2 is 1.92 bits per heavy atom. The summed E-state index contributed by atoms with van der Waals surface area (Å²) in [6, 6.07) is 9.90. The maximum absolute atomic E-state index is 12.1. The number of piperidine rings is 1. The number of terminal acetylenes is 1. The molecule has 2 aliphatic heterocycles. The number of benzene rings is 1. The number of carbonyl (C=O) groups excluding carboxylic acids is 1. The normalized spacial score (nSPS) is 24.0. The Morgan fingerprint density at radius 1 is 1.16 bits per heavy atom. The Balaban J connectivity index is 0.000000170. The summed E-state index contributed by atoms with van der Waals surface area (Å²) in [4.78, 5) is 16.2. The van der Waals surface area contributed by atoms with E-state index in [0.717, 1.165) is 43.6 Å². The monoisotopic (exact) mass is 338 g/mol. The number of likely N-dealkylation sites (tertiary alicyclic amines) is 2. The number of para-hydroxylation sites is 1. The summed E-state index contributed by atoms with van der Waals surface area (Å²) < 4.78 is 5.12. The van der Waals surface area contributed by atoms with Gasteiger partial charge in [-0.05, 0) is 44.5 Å². The summed E-state index contributed by atoms with van der Waals surface area (Å²) in [6.07, 6.45) is 11.9. The van der Waals surface area contributed by atoms with Crippen LogP contribution in [-0.2, 0) is 4.79 Å². The van der Waals surface area contributed by atoms with Crippen molar-refractivity contribution in [3.8, 4) is 12.3 Å². The van der Waals surface area contributed by atoms with E-state index in [1.54, 1.807) is 11.2 Å². The van der Waals surface area contributed by atoms with Crippen molar-refractivity contribution in [2.24, 2.45) is 5.41 Å². The Hall–Kier alpha value is -2.25. The van der Waals surface area contributed by atoms with Crippen LogP contribution in [0.5, 0.6) is 0 Å². The molecule has 4 heteroatoms. The molecule has 2 aliphatic rings. The third kappa shape index (κ3) is 3.88. The van der Waals surface area contributed by atoms with Crippen LogP contribution in [0.15, 0.2) is 41.0 Å². The first kappa shape index (κ1) is 17.6. The van der Waals surface area contributed by atoms with E-state index < -0.39 is 5.41 Å². The van der Waals surface area contributed by atoms with E-state index in [2.05, 4.69) is 10.8 Å². The predicted octanol–water partition coefficient (Wildman–Crippen LogP) is 3.39. The molecular weight excluding hydrogens is 312 g/mol. The molecule has 1 atom stereocenters. The fourth-order valence-corrected chi connectivity index (χ4v) is 3.66. The van der Waals surface area contributed by atoms with Crippen LogP contribution in [0.2, 0.25) is 0 Å². The number of rotatable bonds is 2. The number of nitrogens with zero attached hydrogens (tertiary/aromatic N) is 2. The number of carbonyl (C=O) groups is 1. The van der Waals surface area contributed by atoms with Crippen LogP contribution in [0.1, 0.15) is 25.7 Å². The predicted molar refractivity (Wildman–Crippen MR) is 100 cm³/mol. The van der Waals surface area contributed by atoms with Gasteiger partial charge in [0.05, 0.1) is 6.26 Å². The van der Waals surface area contributed by atoms with Gasteiger partial charge in [-0.15, -0.1) is 6.42 Å². The average Bonchev–Trinajstić information content (AvgIpc) is 3.24. The Morgan fingerprint density at radius 3 is 2.56 bits per heavy atom. The first-order chi connectivity index (χ1) is 12.1. The molecule has 1 aromatic heterocycles. The van der Waals surface area contributed by atoms with Gasteiger partial charge in [-0.3, -0.25) is 4.79 Å². The number of amides is 1. The molecule has 1 amide bonds. The Kier molecular flexibility index (Phi) is 5.45. The highest BCUT2D eigenvalue weighted by molar-refractivity contribution is 5.88. The minimum Gasteiger partial charge on any atom is -0.464 e. The van der Waals surface area contributed by atoms with Gasteiger partial charge in [-0.1, -0.05) is 30.5 Å². The minimum absolute atomic E-state index is 0.139. The molecule has 0 radical (unpaired) electrons. The third-order valence-corrected chi connectivity index (χ3v) is 5.21. The van der Waals surface area contributed by atoms with Crippen molar-refractivity contribution >= 4 is 16.9 Å². The zero-order valence-corrected chi connectivity index (χ0v) is 14.9. The van der Waals surface area contributed by atoms with Gasteiger partial charge in [0.25, 0.3) is 0 Å². The lowest BCUT2D eigenvalue weighted by Gasteiger charge is -2.32. The second-order valence-electron chi connectivity index (χ2n) is 7.00. The van der Waals surface area contributed by atoms with E-state index in [9.17, 15) is 4.79 Å². The summed E-state index contributed by atoms with van der Waals surface area (Å²) in [5.41, 5.74) is 0.420. The molecule has 2 saturated heterocycles. The van der Waals surface area contributed by atoms with Crippen molar-refractivity contribution in [1.82, 2.24) is 9.80 Å². The van der Waals surface area contributed by atoms with Crippen molar-refractivity contribution in [2.45, 2.75) is 25.7 Å². The number of hydrogen-bond acceptors (Lipinski definition) is 3. The quantitative estimate of drug-likeness (QED) is 0.788. The highest BCUT2D eigenvalue weighted by Gasteiger charge is 2.45. The summed E-state index contributed by atoms with van der Waals surface area (Å²) in [5.74, 6) is 2.91. The van der Waals surface area contributed by atoms with Gasteiger partial charge in [-0.25, -0.2) is 0 Å². The number of hydrogen-bond donors (Lipinski definition) is 0. The lowest BCUT2D eigenvalue weighted by Crippen LogP contribution is -2.44. The molecule has 2 aromatic rings. The fraction of sp³-hybridized carbons (Fsp3) is 0.476. The number of fused-ring (bicyclic) bond motifs is 1. The molecule has 2 fully saturated rings. The molecule has 4 nitrogen and oxygen atoms in total. The molecule has 4 rings (SSSR count). The fourth-order valence-electron chi connectivity index (χ4n) is 3.66. The van der Waals surface area contributed by atoms with Crippen LogP contribution < -0.4 is 0 Å². The van der Waals surface area contributed by atoms with Crippen molar-refractivity contribution in [3.05, 3.63) is 36.6 Å². The van der Waals surface area contributed by atoms with Crippen molar-refractivity contribution in [2.75, 3.05) is 33.2 Å². The lowest BCUT2D eigenvalue weighted by atomic mass is 9.86. The van der Waals surface area contributed by atoms with Crippen LogP contribution in [0.3, 0.4) is 0 Å². The molecular formula is C21H26N2O2. The highest BCUT2D eigenvalue weighted by Crippen LogP contribution is 2.32. The van der Waals surface area contributed by atoms with Crippen molar-refractivity contribution in [3.63, 3.8) is 0 Å². The van der Waals surface area contributed by atoms with Gasteiger partial charge < -0.3 is 14.2 Å². The van der Waals surface area contributed by atoms with Crippen molar-refractivity contribution in [1.29, 1.82) is 0 Å². The maximum atomic E-state index is 12.1. The zero-order chi connectivity index (χ0) is 17.7. The summed E-state index contributed by atoms with van der Waals surface area (Å²) in [6.45, 7) is 3.75. The zero-order valence-electron chi connectivity index (χ0n) is 14.9. The molecule has 132 valence electrons. The summed E-state index contributed by atoms with van der Waals surface area (Å²) >= 11 is 0. The van der Waals surface area contributed by atoms with Crippen molar-refractivity contribution < 1.29 is 9.21 Å². The Bertz CT molecular complexity index is 724. The Labute approximate surface area is 149 Å². The average molecular weight is 338 g/mol. The smallest absolute Gasteiger partial charge is 0.241 e. The largest absolute Gasteiger partial charge is 0.464 e. The molecule has 25 heavy (non-hydrogen) atoms. The van der Waals surface area contributed by atoms with E-state index in [-0.39, 0.29) is 5.91 Å². The van der Waals surface area contributed by atoms with Gasteiger partial charge in [0.2, 0.25) is 5.91 Å². The van der Waals surface area contributed by atoms with Gasteiger partial charge in [0.1, 0.15) is 11.0 Å². The molecule has 1 aromatic carbocycles. The first-order valence-electron chi connectivity index (χ1n) is 9.02. The van der Waals surface area contributed by atoms with Crippen LogP contribution in [0.4, 0.5) is 0 Å². The molecule has 0 N–H and O–H groups in total. The second kappa shape index (κ2) is 7.76. The van der Waals surface area contributed by atoms with E-state index in [0.29, 0.717) is 0 Å². The SMILES string of the molecule is C#CC1(CN2CCCCC2)CCN(C)C1=O.c1ccc2occc2c1. The van der Waals surface area contributed by atoms with Gasteiger partial charge in [0.15, 0.2) is 0 Å². The molecule has 0 saturated carbocycles. The van der Waals surface area contributed by atoms with E-state index in [1.165, 1.54) is 19.3 Å². The van der Waals surface area contributed by atoms with E-state index in [4.69, 9.17) is 10.8 Å². The molecule has 3 heterocycles. The standard InChI is InChI=1S/C13H20N2O.C8H6O/c1-3-13(7-10-14(2)12(13)16)11-15-8-5-4-6-9-15;1-2-4-8-7(3-1)5-6-9-8/h1H,4-11H2,2H3;1-6H. The molecule has 0 bridgehead atoms. The van der Waals surface area contributed by atoms with Crippen LogP contribution in [-0.4, -0.2) is 48.9 Å². The summed E-state index contributed by atoms with van der Waals surface area (Å²) in [5, 5.41) is 1.16. The van der Waals surface area contributed by atoms with E-state index in [1.807, 2.05) is 37.4 Å². The van der Waals surface area contributed by atoms with Gasteiger partial charge >= 0.3 is 0 Å². The molecule has 1 unspecified atom stereocenters. The van der Waals surface area contributed by atoms with Crippen LogP contribution in [0.25, 0.3) is 11.0 Å². The van der Waals surface area contributed by atoms with Crippen LogP contribution in [0, 0.1) is 17.8 Å². The second-order valence-corrected chi connectivity index (χ2v) is 7.00. The third-order valence-electron chi connectivity index (χ3n) is 5.21. The molecule has 0 aliphatic carbocycles. The topological polar surface area (TPSA) is 36.7 Å². The summed E-state index contributed by atoms with van der Waals surface area (Å²) in [7, 11) is 1.84. The van der Waals surface area contributed by atoms with Crippen LogP contribution >= 0.6 is 0 Å². The van der Waals surface area contributed by atoms with Gasteiger partial charge in [0, 0.05) is 25.5 Å². The maximum Gasteiger partial charge on any atom is 0.241 e. The minimum atomic E-state index is -0.536. The molecule has 0 spiro atoms. The van der Waals surface area contributed by atoms with Gasteiger partial charge in [-0.2, -0.15) is 0 Å². The highest BCUT2D eigenvalue weighted by atomic mass is 16.3.